The zero-order valence-corrected chi connectivity index (χ0v) is 20.2. The van der Waals surface area contributed by atoms with Crippen LogP contribution in [0.4, 0.5) is 0 Å². The molecule has 0 radical (unpaired) electrons. The summed E-state index contributed by atoms with van der Waals surface area (Å²) in [7, 11) is 0. The highest BCUT2D eigenvalue weighted by Crippen LogP contribution is 2.42. The van der Waals surface area contributed by atoms with Gasteiger partial charge in [-0.15, -0.1) is 0 Å². The van der Waals surface area contributed by atoms with Crippen LogP contribution in [0.25, 0.3) is 0 Å². The van der Waals surface area contributed by atoms with Crippen molar-refractivity contribution in [3.8, 4) is 11.5 Å². The Morgan fingerprint density at radius 1 is 0.853 bits per heavy atom. The third-order valence-corrected chi connectivity index (χ3v) is 8.11. The first-order valence-electron chi connectivity index (χ1n) is 13.2. The van der Waals surface area contributed by atoms with Crippen LogP contribution in [0.5, 0.6) is 11.5 Å². The fourth-order valence-electron chi connectivity index (χ4n) is 6.26. The highest BCUT2D eigenvalue weighted by atomic mass is 16.5. The number of amides is 1. The van der Waals surface area contributed by atoms with E-state index in [1.54, 1.807) is 0 Å². The van der Waals surface area contributed by atoms with Crippen LogP contribution in [0.15, 0.2) is 54.6 Å². The number of aliphatic hydroxyl groups is 1. The van der Waals surface area contributed by atoms with Crippen molar-refractivity contribution in [2.75, 3.05) is 26.2 Å². The fraction of sp³-hybridized carbons (Fsp3) is 0.552. The molecule has 5 rings (SSSR count). The van der Waals surface area contributed by atoms with E-state index in [1.165, 1.54) is 25.9 Å². The molecule has 1 saturated carbocycles. The van der Waals surface area contributed by atoms with Gasteiger partial charge in [-0.3, -0.25) is 4.79 Å². The maximum Gasteiger partial charge on any atom is 0.233 e. The Kier molecular flexibility index (Phi) is 7.21. The number of ether oxygens (including phenoxy) is 1. The predicted octanol–water partition coefficient (Wildman–Crippen LogP) is 5.34. The predicted molar refractivity (Wildman–Crippen MR) is 134 cm³/mol. The molecule has 34 heavy (non-hydrogen) atoms. The van der Waals surface area contributed by atoms with Gasteiger partial charge in [0.1, 0.15) is 11.5 Å². The summed E-state index contributed by atoms with van der Waals surface area (Å²) >= 11 is 0. The monoisotopic (exact) mass is 462 g/mol. The van der Waals surface area contributed by atoms with Crippen LogP contribution in [0, 0.1) is 0 Å². The van der Waals surface area contributed by atoms with Crippen molar-refractivity contribution >= 4 is 5.91 Å². The summed E-state index contributed by atoms with van der Waals surface area (Å²) < 4.78 is 6.07. The van der Waals surface area contributed by atoms with Crippen molar-refractivity contribution < 1.29 is 14.6 Å². The Morgan fingerprint density at radius 3 is 2.24 bits per heavy atom. The number of para-hydroxylation sites is 1. The first kappa shape index (κ1) is 23.4. The van der Waals surface area contributed by atoms with E-state index in [4.69, 9.17) is 4.74 Å². The maximum atomic E-state index is 14.0. The molecule has 1 N–H and O–H groups in total. The number of likely N-dealkylation sites (tertiary alicyclic amines) is 2. The van der Waals surface area contributed by atoms with Crippen molar-refractivity contribution in [2.45, 2.75) is 75.3 Å². The van der Waals surface area contributed by atoms with Crippen LogP contribution in [0.3, 0.4) is 0 Å². The summed E-state index contributed by atoms with van der Waals surface area (Å²) in [4.78, 5) is 18.6. The van der Waals surface area contributed by atoms with Gasteiger partial charge < -0.3 is 19.6 Å². The fourth-order valence-corrected chi connectivity index (χ4v) is 6.26. The van der Waals surface area contributed by atoms with E-state index >= 15 is 0 Å². The number of hydrogen-bond donors (Lipinski definition) is 1. The standard InChI is InChI=1S/C29H38N2O3/c32-28(31-20-14-24(15-21-31)30-18-7-8-19-30)27(29(33)16-5-2-6-17-29)23-10-9-13-26(22-23)34-25-11-3-1-4-12-25/h1,3-4,9-13,22,24,27,33H,2,5-8,14-21H2. The van der Waals surface area contributed by atoms with Gasteiger partial charge in [0, 0.05) is 19.1 Å². The van der Waals surface area contributed by atoms with Crippen LogP contribution < -0.4 is 4.74 Å². The SMILES string of the molecule is O=C(C(c1cccc(Oc2ccccc2)c1)C1(O)CCCCC1)N1CCC(N2CCCC2)CC1. The molecular weight excluding hydrogens is 424 g/mol. The lowest BCUT2D eigenvalue weighted by atomic mass is 9.72. The molecule has 1 amide bonds. The topological polar surface area (TPSA) is 53.0 Å². The number of carbonyl (C=O) groups is 1. The van der Waals surface area contributed by atoms with Crippen LogP contribution >= 0.6 is 0 Å². The number of hydrogen-bond acceptors (Lipinski definition) is 4. The second-order valence-electron chi connectivity index (χ2n) is 10.4. The van der Waals surface area contributed by atoms with Gasteiger partial charge >= 0.3 is 0 Å². The molecule has 2 saturated heterocycles. The lowest BCUT2D eigenvalue weighted by Gasteiger charge is -2.43. The largest absolute Gasteiger partial charge is 0.457 e. The quantitative estimate of drug-likeness (QED) is 0.629. The van der Waals surface area contributed by atoms with Crippen LogP contribution in [-0.4, -0.2) is 58.6 Å². The molecule has 5 heteroatoms. The molecule has 2 aliphatic heterocycles. The third kappa shape index (κ3) is 5.16. The first-order chi connectivity index (χ1) is 16.6. The molecule has 2 aromatic rings. The van der Waals surface area contributed by atoms with Gasteiger partial charge in [-0.05, 0) is 81.4 Å². The van der Waals surface area contributed by atoms with E-state index in [-0.39, 0.29) is 5.91 Å². The lowest BCUT2D eigenvalue weighted by molar-refractivity contribution is -0.143. The van der Waals surface area contributed by atoms with Crippen LogP contribution in [0.1, 0.15) is 69.3 Å². The molecule has 3 fully saturated rings. The molecule has 0 bridgehead atoms. The van der Waals surface area contributed by atoms with Gasteiger partial charge in [0.2, 0.25) is 5.91 Å². The van der Waals surface area contributed by atoms with Gasteiger partial charge in [-0.25, -0.2) is 0 Å². The van der Waals surface area contributed by atoms with Gasteiger partial charge in [-0.1, -0.05) is 49.6 Å². The number of carbonyl (C=O) groups excluding carboxylic acids is 1. The molecule has 0 aromatic heterocycles. The second kappa shape index (κ2) is 10.5. The van der Waals surface area contributed by atoms with Gasteiger partial charge in [0.25, 0.3) is 0 Å². The highest BCUT2D eigenvalue weighted by molar-refractivity contribution is 5.85. The van der Waals surface area contributed by atoms with E-state index in [0.717, 1.165) is 56.5 Å². The van der Waals surface area contributed by atoms with Crippen molar-refractivity contribution in [3.63, 3.8) is 0 Å². The first-order valence-corrected chi connectivity index (χ1v) is 13.2. The Labute approximate surface area is 203 Å². The summed E-state index contributed by atoms with van der Waals surface area (Å²) in [5.41, 5.74) is -0.128. The van der Waals surface area contributed by atoms with E-state index in [0.29, 0.717) is 24.6 Å². The zero-order chi connectivity index (χ0) is 23.4. The number of benzene rings is 2. The second-order valence-corrected chi connectivity index (χ2v) is 10.4. The highest BCUT2D eigenvalue weighted by Gasteiger charge is 2.45. The van der Waals surface area contributed by atoms with Crippen molar-refractivity contribution in [2.24, 2.45) is 0 Å². The molecule has 3 aliphatic rings. The summed E-state index contributed by atoms with van der Waals surface area (Å²) in [5.74, 6) is 1.01. The molecule has 2 aromatic carbocycles. The lowest BCUT2D eigenvalue weighted by Crippen LogP contribution is -2.52. The maximum absolute atomic E-state index is 14.0. The van der Waals surface area contributed by atoms with E-state index in [2.05, 4.69) is 4.90 Å². The summed E-state index contributed by atoms with van der Waals surface area (Å²) in [6.07, 6.45) is 9.10. The Morgan fingerprint density at radius 2 is 1.53 bits per heavy atom. The Hall–Kier alpha value is -2.37. The molecule has 1 aliphatic carbocycles. The molecule has 1 atom stereocenters. The van der Waals surface area contributed by atoms with Crippen LogP contribution in [-0.2, 0) is 4.79 Å². The van der Waals surface area contributed by atoms with E-state index < -0.39 is 11.5 Å². The molecule has 5 nitrogen and oxygen atoms in total. The zero-order valence-electron chi connectivity index (χ0n) is 20.2. The molecule has 182 valence electrons. The van der Waals surface area contributed by atoms with Crippen molar-refractivity contribution in [3.05, 3.63) is 60.2 Å². The molecule has 2 heterocycles. The molecular formula is C29H38N2O3. The number of rotatable bonds is 6. The Bertz CT molecular complexity index is 943. The molecule has 1 unspecified atom stereocenters. The Balaban J connectivity index is 1.37. The number of nitrogens with zero attached hydrogens (tertiary/aromatic N) is 2. The average molecular weight is 463 g/mol. The van der Waals surface area contributed by atoms with Crippen molar-refractivity contribution in [1.29, 1.82) is 0 Å². The minimum Gasteiger partial charge on any atom is -0.457 e. The smallest absolute Gasteiger partial charge is 0.233 e. The minimum absolute atomic E-state index is 0.0844. The molecule has 0 spiro atoms. The average Bonchev–Trinajstić information content (AvgIpc) is 3.41. The normalized spacial score (nSPS) is 22.4. The minimum atomic E-state index is -0.994. The van der Waals surface area contributed by atoms with Crippen LogP contribution in [0.2, 0.25) is 0 Å². The summed E-state index contributed by atoms with van der Waals surface area (Å²) in [6, 6.07) is 18.1. The van der Waals surface area contributed by atoms with Gasteiger partial charge in [0.15, 0.2) is 0 Å². The van der Waals surface area contributed by atoms with Gasteiger partial charge in [0.05, 0.1) is 11.5 Å². The van der Waals surface area contributed by atoms with Crippen molar-refractivity contribution in [1.82, 2.24) is 9.80 Å². The summed E-state index contributed by atoms with van der Waals surface area (Å²) in [5, 5.41) is 11.8. The summed E-state index contributed by atoms with van der Waals surface area (Å²) in [6.45, 7) is 3.98. The number of piperidine rings is 1. The van der Waals surface area contributed by atoms with E-state index in [1.807, 2.05) is 59.5 Å². The van der Waals surface area contributed by atoms with E-state index in [9.17, 15) is 9.90 Å². The van der Waals surface area contributed by atoms with Gasteiger partial charge in [-0.2, -0.15) is 0 Å². The third-order valence-electron chi connectivity index (χ3n) is 8.11.